The lowest BCUT2D eigenvalue weighted by Crippen LogP contribution is -2.25. The number of rotatable bonds is 5. The smallest absolute Gasteiger partial charge is 0.293 e. The predicted molar refractivity (Wildman–Crippen MR) is 76.7 cm³/mol. The van der Waals surface area contributed by atoms with Gasteiger partial charge in [-0.1, -0.05) is 30.3 Å². The van der Waals surface area contributed by atoms with Crippen LogP contribution in [0.4, 0.5) is 5.82 Å². The summed E-state index contributed by atoms with van der Waals surface area (Å²) in [6.45, 7) is 0.265. The van der Waals surface area contributed by atoms with Gasteiger partial charge in [0.2, 0.25) is 0 Å². The number of aromatic nitrogens is 2. The van der Waals surface area contributed by atoms with Gasteiger partial charge in [-0.2, -0.15) is 0 Å². The summed E-state index contributed by atoms with van der Waals surface area (Å²) < 4.78 is 1.71. The Morgan fingerprint density at radius 3 is 2.80 bits per heavy atom. The first-order valence-corrected chi connectivity index (χ1v) is 6.80. The number of benzene rings is 1. The number of anilines is 1. The fraction of sp³-hybridized carbons (Fsp3) is 0.333. The molecule has 0 saturated heterocycles. The molecular formula is C15H17N3O2. The van der Waals surface area contributed by atoms with Crippen LogP contribution in [0.15, 0.2) is 47.5 Å². The molecule has 0 spiro atoms. The molecule has 2 aromatic rings. The number of nitrogens with zero attached hydrogens (tertiary/aromatic N) is 2. The monoisotopic (exact) mass is 271 g/mol. The molecule has 5 heteroatoms. The lowest BCUT2D eigenvalue weighted by Gasteiger charge is -2.13. The highest BCUT2D eigenvalue weighted by Crippen LogP contribution is 2.33. The zero-order valence-corrected chi connectivity index (χ0v) is 11.1. The molecule has 1 aromatic heterocycles. The molecule has 5 nitrogen and oxygen atoms in total. The summed E-state index contributed by atoms with van der Waals surface area (Å²) in [5.74, 6) is 0.300. The number of hydrogen-bond acceptors (Lipinski definition) is 4. The zero-order valence-electron chi connectivity index (χ0n) is 11.1. The van der Waals surface area contributed by atoms with E-state index >= 15 is 0 Å². The van der Waals surface area contributed by atoms with E-state index < -0.39 is 6.10 Å². The molecule has 1 aromatic carbocycles. The van der Waals surface area contributed by atoms with Crippen molar-refractivity contribution in [2.45, 2.75) is 25.0 Å². The third-order valence-electron chi connectivity index (χ3n) is 3.46. The molecule has 0 aliphatic heterocycles. The molecule has 1 saturated carbocycles. The van der Waals surface area contributed by atoms with Gasteiger partial charge in [0.25, 0.3) is 5.56 Å². The summed E-state index contributed by atoms with van der Waals surface area (Å²) in [4.78, 5) is 16.2. The molecule has 3 rings (SSSR count). The molecule has 104 valence electrons. The maximum Gasteiger partial charge on any atom is 0.293 e. The molecular weight excluding hydrogens is 254 g/mol. The number of hydrogen-bond donors (Lipinski definition) is 2. The molecule has 1 fully saturated rings. The van der Waals surface area contributed by atoms with E-state index in [2.05, 4.69) is 10.3 Å². The van der Waals surface area contributed by atoms with E-state index in [0.717, 1.165) is 18.4 Å². The van der Waals surface area contributed by atoms with E-state index in [1.54, 1.807) is 17.0 Å². The van der Waals surface area contributed by atoms with E-state index in [1.807, 2.05) is 30.3 Å². The van der Waals surface area contributed by atoms with Crippen LogP contribution < -0.4 is 10.9 Å². The molecule has 1 aliphatic rings. The second-order valence-electron chi connectivity index (χ2n) is 5.03. The summed E-state index contributed by atoms with van der Waals surface area (Å²) in [5.41, 5.74) is 0.703. The van der Waals surface area contributed by atoms with Gasteiger partial charge in [0.1, 0.15) is 0 Å². The van der Waals surface area contributed by atoms with Crippen molar-refractivity contribution in [1.29, 1.82) is 0 Å². The Morgan fingerprint density at radius 2 is 2.10 bits per heavy atom. The maximum atomic E-state index is 12.2. The fourth-order valence-corrected chi connectivity index (χ4v) is 2.17. The van der Waals surface area contributed by atoms with Gasteiger partial charge in [0.05, 0.1) is 6.10 Å². The van der Waals surface area contributed by atoms with E-state index in [0.29, 0.717) is 11.9 Å². The maximum absolute atomic E-state index is 12.2. The Labute approximate surface area is 116 Å². The molecule has 1 atom stereocenters. The summed E-state index contributed by atoms with van der Waals surface area (Å²) in [5, 5.41) is 13.0. The molecule has 1 aliphatic carbocycles. The van der Waals surface area contributed by atoms with E-state index in [-0.39, 0.29) is 12.1 Å². The van der Waals surface area contributed by atoms with Crippen molar-refractivity contribution in [3.8, 4) is 0 Å². The van der Waals surface area contributed by atoms with Crippen LogP contribution in [-0.4, -0.2) is 21.2 Å². The van der Waals surface area contributed by atoms with Crippen LogP contribution in [0.3, 0.4) is 0 Å². The van der Waals surface area contributed by atoms with Crippen molar-refractivity contribution in [3.63, 3.8) is 0 Å². The van der Waals surface area contributed by atoms with Gasteiger partial charge in [0.15, 0.2) is 5.82 Å². The van der Waals surface area contributed by atoms with Crippen molar-refractivity contribution in [2.75, 3.05) is 11.9 Å². The van der Waals surface area contributed by atoms with E-state index in [1.165, 1.54) is 0 Å². The first-order valence-electron chi connectivity index (χ1n) is 6.80. The summed E-state index contributed by atoms with van der Waals surface area (Å²) in [6, 6.07) is 9.68. The Hall–Kier alpha value is -2.14. The van der Waals surface area contributed by atoms with Crippen LogP contribution in [0.1, 0.15) is 30.6 Å². The van der Waals surface area contributed by atoms with Crippen LogP contribution in [0.25, 0.3) is 0 Å². The van der Waals surface area contributed by atoms with E-state index in [9.17, 15) is 9.90 Å². The largest absolute Gasteiger partial charge is 0.387 e. The predicted octanol–water partition coefficient (Wildman–Crippen LogP) is 1.72. The van der Waals surface area contributed by atoms with Crippen LogP contribution in [0.5, 0.6) is 0 Å². The van der Waals surface area contributed by atoms with Crippen molar-refractivity contribution in [3.05, 3.63) is 58.6 Å². The van der Waals surface area contributed by atoms with Crippen molar-refractivity contribution < 1.29 is 5.11 Å². The van der Waals surface area contributed by atoms with Gasteiger partial charge in [-0.05, 0) is 18.4 Å². The Morgan fingerprint density at radius 1 is 1.35 bits per heavy atom. The molecule has 1 unspecified atom stereocenters. The Kier molecular flexibility index (Phi) is 3.52. The van der Waals surface area contributed by atoms with Crippen molar-refractivity contribution >= 4 is 5.82 Å². The van der Waals surface area contributed by atoms with Gasteiger partial charge in [0, 0.05) is 25.0 Å². The number of nitrogens with one attached hydrogen (secondary N) is 1. The van der Waals surface area contributed by atoms with Crippen LogP contribution in [-0.2, 0) is 0 Å². The van der Waals surface area contributed by atoms with E-state index in [4.69, 9.17) is 0 Å². The quantitative estimate of drug-likeness (QED) is 0.869. The van der Waals surface area contributed by atoms with Crippen molar-refractivity contribution in [2.24, 2.45) is 0 Å². The minimum absolute atomic E-state index is 0.115. The van der Waals surface area contributed by atoms with Gasteiger partial charge in [-0.25, -0.2) is 4.98 Å². The number of aliphatic hydroxyl groups is 1. The second kappa shape index (κ2) is 5.46. The normalized spacial score (nSPS) is 15.8. The first kappa shape index (κ1) is 12.9. The average Bonchev–Trinajstić information content (AvgIpc) is 3.31. The lowest BCUT2D eigenvalue weighted by atomic mass is 10.1. The summed E-state index contributed by atoms with van der Waals surface area (Å²) in [6.07, 6.45) is 4.79. The SMILES string of the molecule is O=c1c(NCC(O)c2ccccc2)nccn1C1CC1. The van der Waals surface area contributed by atoms with Crippen LogP contribution >= 0.6 is 0 Å². The molecule has 2 N–H and O–H groups in total. The average molecular weight is 271 g/mol. The standard InChI is InChI=1S/C15H17N3O2/c19-13(11-4-2-1-3-5-11)10-17-14-15(20)18(9-8-16-14)12-6-7-12/h1-5,8-9,12-13,19H,6-7,10H2,(H,16,17). The summed E-state index contributed by atoms with van der Waals surface area (Å²) >= 11 is 0. The topological polar surface area (TPSA) is 67.2 Å². The third kappa shape index (κ3) is 2.72. The number of aliphatic hydroxyl groups excluding tert-OH is 1. The Balaban J connectivity index is 1.69. The minimum atomic E-state index is -0.660. The minimum Gasteiger partial charge on any atom is -0.387 e. The van der Waals surface area contributed by atoms with Gasteiger partial charge in [-0.15, -0.1) is 0 Å². The first-order chi connectivity index (χ1) is 9.75. The lowest BCUT2D eigenvalue weighted by molar-refractivity contribution is 0.191. The van der Waals surface area contributed by atoms with Gasteiger partial charge in [-0.3, -0.25) is 4.79 Å². The molecule has 20 heavy (non-hydrogen) atoms. The third-order valence-corrected chi connectivity index (χ3v) is 3.46. The van der Waals surface area contributed by atoms with Gasteiger partial charge >= 0.3 is 0 Å². The fourth-order valence-electron chi connectivity index (χ4n) is 2.17. The second-order valence-corrected chi connectivity index (χ2v) is 5.03. The highest BCUT2D eigenvalue weighted by atomic mass is 16.3. The van der Waals surface area contributed by atoms with Crippen LogP contribution in [0.2, 0.25) is 0 Å². The zero-order chi connectivity index (χ0) is 13.9. The molecule has 0 amide bonds. The molecule has 0 radical (unpaired) electrons. The van der Waals surface area contributed by atoms with Crippen molar-refractivity contribution in [1.82, 2.24) is 9.55 Å². The molecule has 0 bridgehead atoms. The highest BCUT2D eigenvalue weighted by Gasteiger charge is 2.25. The van der Waals surface area contributed by atoms with Crippen LogP contribution in [0, 0.1) is 0 Å². The highest BCUT2D eigenvalue weighted by molar-refractivity contribution is 5.32. The molecule has 1 heterocycles. The van der Waals surface area contributed by atoms with Gasteiger partial charge < -0.3 is 15.0 Å². The summed E-state index contributed by atoms with van der Waals surface area (Å²) in [7, 11) is 0. The Bertz CT molecular complexity index is 635.